The van der Waals surface area contributed by atoms with E-state index in [-0.39, 0.29) is 6.42 Å². The Bertz CT molecular complexity index is 709. The topological polar surface area (TPSA) is 79.3 Å². The molecule has 1 aromatic carbocycles. The van der Waals surface area contributed by atoms with Crippen LogP contribution in [0.25, 0.3) is 10.9 Å². The molecule has 1 aromatic heterocycles. The molecule has 0 spiro atoms. The lowest BCUT2D eigenvalue weighted by molar-refractivity contribution is -0.139. The van der Waals surface area contributed by atoms with Crippen molar-refractivity contribution in [3.8, 4) is 0 Å². The molecular formula is C16H16N2O3. The predicted octanol–water partition coefficient (Wildman–Crippen LogP) is 2.38. The van der Waals surface area contributed by atoms with Gasteiger partial charge in [-0.1, -0.05) is 23.8 Å². The highest BCUT2D eigenvalue weighted by Gasteiger charge is 2.20. The molecule has 0 aliphatic heterocycles. The molecule has 1 atom stereocenters. The van der Waals surface area contributed by atoms with E-state index in [9.17, 15) is 9.59 Å². The van der Waals surface area contributed by atoms with E-state index < -0.39 is 17.9 Å². The highest BCUT2D eigenvalue weighted by Crippen LogP contribution is 2.13. The van der Waals surface area contributed by atoms with Crippen molar-refractivity contribution in [2.75, 3.05) is 0 Å². The second-order valence-corrected chi connectivity index (χ2v) is 4.94. The van der Waals surface area contributed by atoms with Gasteiger partial charge in [-0.25, -0.2) is 4.79 Å². The van der Waals surface area contributed by atoms with Crippen molar-refractivity contribution in [3.63, 3.8) is 0 Å². The molecule has 0 aliphatic rings. The van der Waals surface area contributed by atoms with Crippen LogP contribution in [0.15, 0.2) is 48.7 Å². The largest absolute Gasteiger partial charge is 0.480 e. The maximum absolute atomic E-state index is 12.1. The number of carboxylic acids is 1. The number of carbonyl (C=O) groups is 2. The molecule has 0 bridgehead atoms. The van der Waals surface area contributed by atoms with Gasteiger partial charge >= 0.3 is 5.97 Å². The third-order valence-corrected chi connectivity index (χ3v) is 3.01. The fourth-order valence-corrected chi connectivity index (χ4v) is 1.99. The Balaban J connectivity index is 2.20. The normalized spacial score (nSPS) is 11.9. The van der Waals surface area contributed by atoms with Crippen molar-refractivity contribution < 1.29 is 14.7 Å². The van der Waals surface area contributed by atoms with Gasteiger partial charge in [0, 0.05) is 11.6 Å². The fraction of sp³-hybridized carbons (Fsp3) is 0.188. The molecule has 1 heterocycles. The van der Waals surface area contributed by atoms with Gasteiger partial charge in [0.15, 0.2) is 0 Å². The van der Waals surface area contributed by atoms with Crippen molar-refractivity contribution in [1.29, 1.82) is 0 Å². The number of rotatable bonds is 5. The van der Waals surface area contributed by atoms with Gasteiger partial charge in [-0.15, -0.1) is 6.58 Å². The van der Waals surface area contributed by atoms with E-state index in [2.05, 4.69) is 16.9 Å². The molecule has 0 saturated carbocycles. The van der Waals surface area contributed by atoms with Gasteiger partial charge in [-0.05, 0) is 25.5 Å². The summed E-state index contributed by atoms with van der Waals surface area (Å²) < 4.78 is 0. The maximum atomic E-state index is 12.1. The second-order valence-electron chi connectivity index (χ2n) is 4.94. The Hall–Kier alpha value is -2.69. The minimum atomic E-state index is -1.08. The summed E-state index contributed by atoms with van der Waals surface area (Å²) in [4.78, 5) is 27.5. The van der Waals surface area contributed by atoms with Gasteiger partial charge < -0.3 is 10.4 Å². The molecule has 0 saturated heterocycles. The summed E-state index contributed by atoms with van der Waals surface area (Å²) in [5, 5.41) is 12.4. The first-order valence-electron chi connectivity index (χ1n) is 6.50. The summed E-state index contributed by atoms with van der Waals surface area (Å²) in [6, 6.07) is 8.12. The standard InChI is InChI=1S/C16H16N2O3/c1-10(2)7-14(16(20)21)18-15(19)12-8-11-5-3-4-6-13(11)17-9-12/h3-6,8-9,14H,1,7H2,2H3,(H,18,19)(H,20,21)/t14-/m0/s1. The van der Waals surface area contributed by atoms with Gasteiger partial charge in [0.25, 0.3) is 5.91 Å². The van der Waals surface area contributed by atoms with Crippen molar-refractivity contribution in [3.05, 3.63) is 54.2 Å². The molecule has 21 heavy (non-hydrogen) atoms. The molecule has 5 nitrogen and oxygen atoms in total. The number of hydrogen-bond donors (Lipinski definition) is 2. The van der Waals surface area contributed by atoms with Gasteiger partial charge in [-0.2, -0.15) is 0 Å². The first kappa shape index (κ1) is 14.7. The SMILES string of the molecule is C=C(C)C[C@H](NC(=O)c1cnc2ccccc2c1)C(=O)O. The Morgan fingerprint density at radius 3 is 2.76 bits per heavy atom. The van der Waals surface area contributed by atoms with Crippen LogP contribution < -0.4 is 5.32 Å². The highest BCUT2D eigenvalue weighted by molar-refractivity contribution is 5.99. The second kappa shape index (κ2) is 6.17. The molecule has 0 radical (unpaired) electrons. The number of fused-ring (bicyclic) bond motifs is 1. The molecule has 5 heteroatoms. The third kappa shape index (κ3) is 3.66. The molecule has 1 amide bonds. The lowest BCUT2D eigenvalue weighted by Crippen LogP contribution is -2.40. The quantitative estimate of drug-likeness (QED) is 0.826. The summed E-state index contributed by atoms with van der Waals surface area (Å²) in [6.07, 6.45) is 1.64. The van der Waals surface area contributed by atoms with Crippen LogP contribution in [-0.2, 0) is 4.79 Å². The lowest BCUT2D eigenvalue weighted by atomic mass is 10.1. The van der Waals surface area contributed by atoms with Crippen LogP contribution in [0, 0.1) is 0 Å². The Morgan fingerprint density at radius 1 is 1.38 bits per heavy atom. The van der Waals surface area contributed by atoms with E-state index in [0.29, 0.717) is 11.1 Å². The monoisotopic (exact) mass is 284 g/mol. The number of para-hydroxylation sites is 1. The number of aliphatic carboxylic acids is 1. The number of aromatic nitrogens is 1. The number of pyridine rings is 1. The highest BCUT2D eigenvalue weighted by atomic mass is 16.4. The number of carboxylic acid groups (broad SMARTS) is 1. The van der Waals surface area contributed by atoms with Crippen molar-refractivity contribution in [2.24, 2.45) is 0 Å². The van der Waals surface area contributed by atoms with Crippen LogP contribution in [0.4, 0.5) is 0 Å². The van der Waals surface area contributed by atoms with E-state index in [1.165, 1.54) is 6.20 Å². The van der Waals surface area contributed by atoms with E-state index >= 15 is 0 Å². The number of benzene rings is 1. The summed E-state index contributed by atoms with van der Waals surface area (Å²) >= 11 is 0. The third-order valence-electron chi connectivity index (χ3n) is 3.01. The molecular weight excluding hydrogens is 268 g/mol. The van der Waals surface area contributed by atoms with E-state index in [1.54, 1.807) is 13.0 Å². The van der Waals surface area contributed by atoms with Gasteiger partial charge in [0.1, 0.15) is 6.04 Å². The summed E-state index contributed by atoms with van der Waals surface area (Å²) in [5.74, 6) is -1.54. The van der Waals surface area contributed by atoms with Gasteiger partial charge in [0.05, 0.1) is 11.1 Å². The molecule has 2 rings (SSSR count). The smallest absolute Gasteiger partial charge is 0.326 e. The number of nitrogens with one attached hydrogen (secondary N) is 1. The number of carbonyl (C=O) groups excluding carboxylic acids is 1. The minimum absolute atomic E-state index is 0.197. The molecule has 108 valence electrons. The Labute approximate surface area is 122 Å². The predicted molar refractivity (Wildman–Crippen MR) is 80.1 cm³/mol. The molecule has 2 aromatic rings. The molecule has 2 N–H and O–H groups in total. The number of amides is 1. The average molecular weight is 284 g/mol. The van der Waals surface area contributed by atoms with Crippen LogP contribution >= 0.6 is 0 Å². The zero-order chi connectivity index (χ0) is 15.4. The van der Waals surface area contributed by atoms with Crippen molar-refractivity contribution >= 4 is 22.8 Å². The zero-order valence-corrected chi connectivity index (χ0v) is 11.7. The van der Waals surface area contributed by atoms with E-state index in [4.69, 9.17) is 5.11 Å². The first-order chi connectivity index (χ1) is 9.97. The average Bonchev–Trinajstić information content (AvgIpc) is 2.45. The minimum Gasteiger partial charge on any atom is -0.480 e. The molecule has 0 fully saturated rings. The van der Waals surface area contributed by atoms with E-state index in [1.807, 2.05) is 24.3 Å². The number of nitrogens with zero attached hydrogens (tertiary/aromatic N) is 1. The van der Waals surface area contributed by atoms with E-state index in [0.717, 1.165) is 10.9 Å². The number of hydrogen-bond acceptors (Lipinski definition) is 3. The fourth-order valence-electron chi connectivity index (χ4n) is 1.99. The molecule has 0 aliphatic carbocycles. The van der Waals surface area contributed by atoms with Crippen molar-refractivity contribution in [2.45, 2.75) is 19.4 Å². The van der Waals surface area contributed by atoms with Crippen LogP contribution in [-0.4, -0.2) is 28.0 Å². The Morgan fingerprint density at radius 2 is 2.10 bits per heavy atom. The van der Waals surface area contributed by atoms with Gasteiger partial charge in [-0.3, -0.25) is 9.78 Å². The van der Waals surface area contributed by atoms with Crippen LogP contribution in [0.3, 0.4) is 0 Å². The van der Waals surface area contributed by atoms with Crippen LogP contribution in [0.5, 0.6) is 0 Å². The van der Waals surface area contributed by atoms with Crippen LogP contribution in [0.2, 0.25) is 0 Å². The van der Waals surface area contributed by atoms with Crippen LogP contribution in [0.1, 0.15) is 23.7 Å². The first-order valence-corrected chi connectivity index (χ1v) is 6.50. The Kier molecular flexibility index (Phi) is 4.33. The maximum Gasteiger partial charge on any atom is 0.326 e. The summed E-state index contributed by atoms with van der Waals surface area (Å²) in [6.45, 7) is 5.39. The summed E-state index contributed by atoms with van der Waals surface area (Å²) in [5.41, 5.74) is 1.81. The van der Waals surface area contributed by atoms with Gasteiger partial charge in [0.2, 0.25) is 0 Å². The lowest BCUT2D eigenvalue weighted by Gasteiger charge is -2.14. The summed E-state index contributed by atoms with van der Waals surface area (Å²) in [7, 11) is 0. The molecule has 0 unspecified atom stereocenters. The van der Waals surface area contributed by atoms with Crippen molar-refractivity contribution in [1.82, 2.24) is 10.3 Å². The zero-order valence-electron chi connectivity index (χ0n) is 11.7.